The van der Waals surface area contributed by atoms with Crippen LogP contribution in [0.4, 0.5) is 0 Å². The molecular formula is C20H21NSSn. The van der Waals surface area contributed by atoms with Crippen LogP contribution in [0.1, 0.15) is 0 Å². The molecular weight excluding hydrogens is 405 g/mol. The first kappa shape index (κ1) is 16.6. The van der Waals surface area contributed by atoms with Crippen molar-refractivity contribution in [3.8, 4) is 0 Å². The minimum absolute atomic E-state index is 0.718. The van der Waals surface area contributed by atoms with E-state index in [4.69, 9.17) is 5.73 Å². The summed E-state index contributed by atoms with van der Waals surface area (Å²) < 4.78 is 4.49. The van der Waals surface area contributed by atoms with Gasteiger partial charge in [0.05, 0.1) is 0 Å². The number of nitrogens with two attached hydrogens (primary N) is 1. The molecule has 0 aliphatic carbocycles. The molecule has 0 aromatic heterocycles. The molecule has 3 aromatic rings. The van der Waals surface area contributed by atoms with Gasteiger partial charge in [-0.25, -0.2) is 0 Å². The fraction of sp³-hybridized carbons (Fsp3) is 0.100. The van der Waals surface area contributed by atoms with Crippen molar-refractivity contribution >= 4 is 36.7 Å². The Morgan fingerprint density at radius 1 is 0.609 bits per heavy atom. The zero-order valence-corrected chi connectivity index (χ0v) is 16.7. The molecule has 0 aliphatic rings. The van der Waals surface area contributed by atoms with Crippen LogP contribution in [0.2, 0.25) is 0 Å². The van der Waals surface area contributed by atoms with E-state index in [1.807, 2.05) is 0 Å². The van der Waals surface area contributed by atoms with Gasteiger partial charge in [0.15, 0.2) is 0 Å². The third-order valence-corrected chi connectivity index (χ3v) is 24.9. The van der Waals surface area contributed by atoms with Crippen LogP contribution in [0.15, 0.2) is 91.0 Å². The van der Waals surface area contributed by atoms with Crippen LogP contribution in [-0.2, 0) is 0 Å². The molecule has 0 unspecified atom stereocenters. The van der Waals surface area contributed by atoms with Crippen molar-refractivity contribution in [1.82, 2.24) is 0 Å². The quantitative estimate of drug-likeness (QED) is 0.613. The summed E-state index contributed by atoms with van der Waals surface area (Å²) in [5.74, 6) is 0.995. The first-order valence-corrected chi connectivity index (χ1v) is 16.6. The zero-order valence-electron chi connectivity index (χ0n) is 13.1. The molecule has 0 spiro atoms. The number of rotatable bonds is 6. The molecule has 23 heavy (non-hydrogen) atoms. The van der Waals surface area contributed by atoms with E-state index < -0.39 is 17.0 Å². The van der Waals surface area contributed by atoms with Gasteiger partial charge in [0.25, 0.3) is 0 Å². The minimum atomic E-state index is -3.07. The molecule has 0 saturated carbocycles. The fourth-order valence-electron chi connectivity index (χ4n) is 2.98. The molecule has 1 nitrogen and oxygen atoms in total. The predicted molar refractivity (Wildman–Crippen MR) is 105 cm³/mol. The topological polar surface area (TPSA) is 26.0 Å². The molecule has 0 radical (unpaired) electrons. The Hall–Kier alpha value is -1.23. The normalized spacial score (nSPS) is 11.3. The summed E-state index contributed by atoms with van der Waals surface area (Å²) in [5, 5.41) is 0. The Morgan fingerprint density at radius 3 is 1.26 bits per heavy atom. The van der Waals surface area contributed by atoms with Crippen molar-refractivity contribution in [3.05, 3.63) is 91.0 Å². The first-order valence-electron chi connectivity index (χ1n) is 7.88. The molecule has 0 saturated heterocycles. The van der Waals surface area contributed by atoms with Crippen molar-refractivity contribution in [2.24, 2.45) is 5.73 Å². The Bertz CT molecular complexity index is 620. The molecule has 3 heteroatoms. The zero-order chi connectivity index (χ0) is 16.0. The van der Waals surface area contributed by atoms with Crippen molar-refractivity contribution in [2.45, 2.75) is 0 Å². The molecule has 0 bridgehead atoms. The van der Waals surface area contributed by atoms with E-state index in [1.54, 1.807) is 0 Å². The molecule has 0 amide bonds. The second kappa shape index (κ2) is 8.04. The van der Waals surface area contributed by atoms with E-state index in [2.05, 4.69) is 99.9 Å². The Labute approximate surface area is 145 Å². The summed E-state index contributed by atoms with van der Waals surface area (Å²) in [6.45, 7) is 0.718. The number of benzene rings is 3. The Kier molecular flexibility index (Phi) is 5.81. The molecule has 0 atom stereocenters. The van der Waals surface area contributed by atoms with E-state index >= 15 is 0 Å². The van der Waals surface area contributed by atoms with Crippen LogP contribution in [0.5, 0.6) is 0 Å². The summed E-state index contributed by atoms with van der Waals surface area (Å²) in [4.78, 5) is 0. The molecule has 2 N–H and O–H groups in total. The number of hydrogen-bond donors (Lipinski definition) is 1. The van der Waals surface area contributed by atoms with Crippen molar-refractivity contribution in [2.75, 3.05) is 12.3 Å². The Morgan fingerprint density at radius 2 is 0.957 bits per heavy atom. The summed E-state index contributed by atoms with van der Waals surface area (Å²) in [6, 6.07) is 33.1. The van der Waals surface area contributed by atoms with E-state index in [0.717, 1.165) is 12.3 Å². The molecule has 3 rings (SSSR count). The summed E-state index contributed by atoms with van der Waals surface area (Å²) in [6.07, 6.45) is 0. The second-order valence-corrected chi connectivity index (χ2v) is 21.5. The van der Waals surface area contributed by atoms with Gasteiger partial charge in [-0.15, -0.1) is 0 Å². The van der Waals surface area contributed by atoms with Gasteiger partial charge < -0.3 is 0 Å². The van der Waals surface area contributed by atoms with Crippen molar-refractivity contribution in [3.63, 3.8) is 0 Å². The van der Waals surface area contributed by atoms with E-state index in [0.29, 0.717) is 0 Å². The van der Waals surface area contributed by atoms with E-state index in [-0.39, 0.29) is 0 Å². The van der Waals surface area contributed by atoms with Gasteiger partial charge in [-0.3, -0.25) is 0 Å². The van der Waals surface area contributed by atoms with Gasteiger partial charge in [-0.05, 0) is 0 Å². The average Bonchev–Trinajstić information content (AvgIpc) is 2.65. The van der Waals surface area contributed by atoms with Crippen molar-refractivity contribution < 1.29 is 0 Å². The van der Waals surface area contributed by atoms with Crippen LogP contribution in [0.25, 0.3) is 0 Å². The monoisotopic (exact) mass is 427 g/mol. The summed E-state index contributed by atoms with van der Waals surface area (Å²) in [5.41, 5.74) is 5.88. The van der Waals surface area contributed by atoms with Gasteiger partial charge >= 0.3 is 146 Å². The third-order valence-electron chi connectivity index (χ3n) is 3.98. The van der Waals surface area contributed by atoms with Gasteiger partial charge in [-0.2, -0.15) is 0 Å². The van der Waals surface area contributed by atoms with Crippen LogP contribution in [-0.4, -0.2) is 29.3 Å². The summed E-state index contributed by atoms with van der Waals surface area (Å²) >= 11 is -3.07. The molecule has 0 aliphatic heterocycles. The van der Waals surface area contributed by atoms with E-state index in [9.17, 15) is 0 Å². The maximum absolute atomic E-state index is 5.88. The van der Waals surface area contributed by atoms with Crippen LogP contribution in [0, 0.1) is 0 Å². The third kappa shape index (κ3) is 3.49. The van der Waals surface area contributed by atoms with Crippen LogP contribution < -0.4 is 16.5 Å². The fourth-order valence-corrected chi connectivity index (χ4v) is 23.1. The molecule has 3 aromatic carbocycles. The first-order chi connectivity index (χ1) is 11.4. The molecule has 0 heterocycles. The van der Waals surface area contributed by atoms with Gasteiger partial charge in [0.2, 0.25) is 0 Å². The number of hydrogen-bond acceptors (Lipinski definition) is 2. The second-order valence-electron chi connectivity index (χ2n) is 5.42. The van der Waals surface area contributed by atoms with Gasteiger partial charge in [-0.1, -0.05) is 0 Å². The standard InChI is InChI=1S/3C6H5.C2H7NS.Sn/c3*1-2-4-6-5-3-1;3-1-2-4;/h3*1-5H;4H,1-3H2;/q;;;;+1/p-1. The van der Waals surface area contributed by atoms with Crippen LogP contribution in [0.3, 0.4) is 0 Å². The van der Waals surface area contributed by atoms with E-state index in [1.165, 1.54) is 10.7 Å². The van der Waals surface area contributed by atoms with Crippen molar-refractivity contribution in [1.29, 1.82) is 0 Å². The molecule has 116 valence electrons. The van der Waals surface area contributed by atoms with Gasteiger partial charge in [0.1, 0.15) is 0 Å². The maximum atomic E-state index is 5.88. The van der Waals surface area contributed by atoms with Gasteiger partial charge in [0, 0.05) is 0 Å². The Balaban J connectivity index is 2.25. The summed E-state index contributed by atoms with van der Waals surface area (Å²) in [7, 11) is 2.11. The molecule has 0 fully saturated rings. The average molecular weight is 426 g/mol. The predicted octanol–water partition coefficient (Wildman–Crippen LogP) is 2.35. The SMILES string of the molecule is NCC[S][Sn]([c]1ccccc1)([c]1ccccc1)[c]1ccccc1. The van der Waals surface area contributed by atoms with Crippen LogP contribution >= 0.6 is 8.95 Å².